The van der Waals surface area contributed by atoms with Crippen LogP contribution >= 0.6 is 0 Å². The lowest BCUT2D eigenvalue weighted by molar-refractivity contribution is -0.383. The second-order valence-corrected chi connectivity index (χ2v) is 4.97. The standard InChI is InChI=1S/C15H20N4O3/c20-11-4-2-1-3-8-16-14-7-6-13(12-15(14)19(21)22)18-10-5-9-17-18/h5-7,9-10,12,16,20H,1-4,8,11H2. The molecule has 2 rings (SSSR count). The van der Waals surface area contributed by atoms with E-state index in [1.807, 2.05) is 0 Å². The molecule has 0 aliphatic rings. The maximum Gasteiger partial charge on any atom is 0.294 e. The van der Waals surface area contributed by atoms with Gasteiger partial charge in [0.2, 0.25) is 0 Å². The van der Waals surface area contributed by atoms with Gasteiger partial charge in [0.25, 0.3) is 5.69 Å². The number of nitrogens with zero attached hydrogens (tertiary/aromatic N) is 3. The first-order valence-corrected chi connectivity index (χ1v) is 7.35. The Bertz CT molecular complexity index is 599. The SMILES string of the molecule is O=[N+]([O-])c1cc(-n2cccn2)ccc1NCCCCCCO. The van der Waals surface area contributed by atoms with Gasteiger partial charge in [-0.05, 0) is 31.0 Å². The Morgan fingerprint density at radius 2 is 2.09 bits per heavy atom. The number of nitro groups is 1. The van der Waals surface area contributed by atoms with Crippen LogP contribution in [-0.4, -0.2) is 33.0 Å². The summed E-state index contributed by atoms with van der Waals surface area (Å²) in [7, 11) is 0. The van der Waals surface area contributed by atoms with Crippen LogP contribution < -0.4 is 5.32 Å². The first-order chi connectivity index (χ1) is 10.7. The first kappa shape index (κ1) is 16.0. The molecule has 0 fully saturated rings. The molecule has 7 heteroatoms. The average Bonchev–Trinajstić information content (AvgIpc) is 3.05. The van der Waals surface area contributed by atoms with Gasteiger partial charge in [-0.25, -0.2) is 4.68 Å². The minimum atomic E-state index is -0.388. The van der Waals surface area contributed by atoms with Crippen LogP contribution in [0.15, 0.2) is 36.7 Å². The molecule has 1 aromatic heterocycles. The van der Waals surface area contributed by atoms with Crippen LogP contribution in [0.4, 0.5) is 11.4 Å². The Kier molecular flexibility index (Phi) is 5.91. The molecule has 1 aromatic carbocycles. The molecule has 2 N–H and O–H groups in total. The lowest BCUT2D eigenvalue weighted by atomic mass is 10.2. The van der Waals surface area contributed by atoms with Gasteiger partial charge in [-0.15, -0.1) is 0 Å². The molecule has 0 atom stereocenters. The highest BCUT2D eigenvalue weighted by Gasteiger charge is 2.15. The van der Waals surface area contributed by atoms with Crippen molar-refractivity contribution < 1.29 is 10.0 Å². The third-order valence-corrected chi connectivity index (χ3v) is 3.35. The number of rotatable bonds is 9. The fourth-order valence-corrected chi connectivity index (χ4v) is 2.20. The van der Waals surface area contributed by atoms with E-state index in [2.05, 4.69) is 10.4 Å². The molecule has 0 aliphatic carbocycles. The summed E-state index contributed by atoms with van der Waals surface area (Å²) in [6.07, 6.45) is 7.06. The van der Waals surface area contributed by atoms with Crippen LogP contribution in [0.5, 0.6) is 0 Å². The first-order valence-electron chi connectivity index (χ1n) is 7.35. The van der Waals surface area contributed by atoms with Crippen molar-refractivity contribution in [3.05, 3.63) is 46.8 Å². The normalized spacial score (nSPS) is 10.6. The lowest BCUT2D eigenvalue weighted by Crippen LogP contribution is -2.05. The van der Waals surface area contributed by atoms with Gasteiger partial charge >= 0.3 is 0 Å². The van der Waals surface area contributed by atoms with Gasteiger partial charge in [-0.1, -0.05) is 12.8 Å². The lowest BCUT2D eigenvalue weighted by Gasteiger charge is -2.09. The fourth-order valence-electron chi connectivity index (χ4n) is 2.20. The van der Waals surface area contributed by atoms with Crippen molar-refractivity contribution in [2.75, 3.05) is 18.5 Å². The van der Waals surface area contributed by atoms with Gasteiger partial charge in [0, 0.05) is 31.6 Å². The van der Waals surface area contributed by atoms with E-state index >= 15 is 0 Å². The Morgan fingerprint density at radius 3 is 2.77 bits per heavy atom. The van der Waals surface area contributed by atoms with Crippen LogP contribution in [0.3, 0.4) is 0 Å². The highest BCUT2D eigenvalue weighted by molar-refractivity contribution is 5.65. The summed E-state index contributed by atoms with van der Waals surface area (Å²) in [6.45, 7) is 0.890. The summed E-state index contributed by atoms with van der Waals surface area (Å²) in [5.41, 5.74) is 1.22. The predicted molar refractivity (Wildman–Crippen MR) is 84.3 cm³/mol. The van der Waals surface area contributed by atoms with Crippen molar-refractivity contribution in [3.8, 4) is 5.69 Å². The predicted octanol–water partition coefficient (Wildman–Crippen LogP) is 2.75. The van der Waals surface area contributed by atoms with E-state index in [0.717, 1.165) is 25.7 Å². The van der Waals surface area contributed by atoms with E-state index in [1.54, 1.807) is 35.3 Å². The quantitative estimate of drug-likeness (QED) is 0.422. The maximum absolute atomic E-state index is 11.2. The third kappa shape index (κ3) is 4.29. The largest absolute Gasteiger partial charge is 0.396 e. The average molecular weight is 304 g/mol. The molecule has 0 saturated carbocycles. The zero-order valence-electron chi connectivity index (χ0n) is 12.3. The number of nitro benzene ring substituents is 1. The molecule has 0 spiro atoms. The van der Waals surface area contributed by atoms with Crippen molar-refractivity contribution >= 4 is 11.4 Å². The Labute approximate surface area is 128 Å². The number of anilines is 1. The van der Waals surface area contributed by atoms with E-state index < -0.39 is 0 Å². The minimum absolute atomic E-state index is 0.0448. The Balaban J connectivity index is 2.00. The zero-order valence-corrected chi connectivity index (χ0v) is 12.3. The fraction of sp³-hybridized carbons (Fsp3) is 0.400. The molecule has 0 bridgehead atoms. The van der Waals surface area contributed by atoms with Crippen molar-refractivity contribution in [1.82, 2.24) is 9.78 Å². The smallest absolute Gasteiger partial charge is 0.294 e. The van der Waals surface area contributed by atoms with Crippen LogP contribution in [0, 0.1) is 10.1 Å². The molecule has 0 aliphatic heterocycles. The molecular weight excluding hydrogens is 284 g/mol. The Morgan fingerprint density at radius 1 is 1.27 bits per heavy atom. The number of hydrogen-bond donors (Lipinski definition) is 2. The second-order valence-electron chi connectivity index (χ2n) is 4.97. The van der Waals surface area contributed by atoms with E-state index in [-0.39, 0.29) is 17.2 Å². The number of benzene rings is 1. The van der Waals surface area contributed by atoms with Crippen LogP contribution in [0.1, 0.15) is 25.7 Å². The number of aromatic nitrogens is 2. The van der Waals surface area contributed by atoms with Gasteiger partial charge in [0.05, 0.1) is 10.6 Å². The molecule has 0 unspecified atom stereocenters. The Hall–Kier alpha value is -2.41. The van der Waals surface area contributed by atoms with Crippen molar-refractivity contribution in [1.29, 1.82) is 0 Å². The van der Waals surface area contributed by atoms with Gasteiger partial charge < -0.3 is 10.4 Å². The van der Waals surface area contributed by atoms with Gasteiger partial charge in [0.15, 0.2) is 0 Å². The number of unbranched alkanes of at least 4 members (excludes halogenated alkanes) is 3. The highest BCUT2D eigenvalue weighted by Crippen LogP contribution is 2.27. The van der Waals surface area contributed by atoms with E-state index in [0.29, 0.717) is 17.9 Å². The maximum atomic E-state index is 11.2. The summed E-state index contributed by atoms with van der Waals surface area (Å²) in [5.74, 6) is 0. The van der Waals surface area contributed by atoms with E-state index in [9.17, 15) is 10.1 Å². The summed E-state index contributed by atoms with van der Waals surface area (Å²) in [4.78, 5) is 10.8. The molecular formula is C15H20N4O3. The highest BCUT2D eigenvalue weighted by atomic mass is 16.6. The monoisotopic (exact) mass is 304 g/mol. The summed E-state index contributed by atoms with van der Waals surface area (Å²) >= 11 is 0. The zero-order chi connectivity index (χ0) is 15.8. The number of nitrogens with one attached hydrogen (secondary N) is 1. The molecule has 0 saturated heterocycles. The molecule has 0 amide bonds. The van der Waals surface area contributed by atoms with Crippen molar-refractivity contribution in [3.63, 3.8) is 0 Å². The molecule has 7 nitrogen and oxygen atoms in total. The molecule has 0 radical (unpaired) electrons. The van der Waals surface area contributed by atoms with E-state index in [1.165, 1.54) is 6.07 Å². The number of aliphatic hydroxyl groups is 1. The van der Waals surface area contributed by atoms with Crippen LogP contribution in [-0.2, 0) is 0 Å². The van der Waals surface area contributed by atoms with Crippen molar-refractivity contribution in [2.45, 2.75) is 25.7 Å². The second kappa shape index (κ2) is 8.14. The van der Waals surface area contributed by atoms with Gasteiger partial charge in [0.1, 0.15) is 5.69 Å². The summed E-state index contributed by atoms with van der Waals surface area (Å²) < 4.78 is 1.59. The topological polar surface area (TPSA) is 93.2 Å². The molecule has 22 heavy (non-hydrogen) atoms. The summed E-state index contributed by atoms with van der Waals surface area (Å²) in [5, 5.41) is 27.1. The minimum Gasteiger partial charge on any atom is -0.396 e. The van der Waals surface area contributed by atoms with Gasteiger partial charge in [-0.3, -0.25) is 10.1 Å². The van der Waals surface area contributed by atoms with Crippen LogP contribution in [0.25, 0.3) is 5.69 Å². The number of hydrogen-bond acceptors (Lipinski definition) is 5. The third-order valence-electron chi connectivity index (χ3n) is 3.35. The molecule has 2 aromatic rings. The van der Waals surface area contributed by atoms with Crippen LogP contribution in [0.2, 0.25) is 0 Å². The summed E-state index contributed by atoms with van der Waals surface area (Å²) in [6, 6.07) is 6.79. The van der Waals surface area contributed by atoms with E-state index in [4.69, 9.17) is 5.11 Å². The number of aliphatic hydroxyl groups excluding tert-OH is 1. The van der Waals surface area contributed by atoms with Gasteiger partial charge in [-0.2, -0.15) is 5.10 Å². The molecule has 118 valence electrons. The van der Waals surface area contributed by atoms with Crippen molar-refractivity contribution in [2.24, 2.45) is 0 Å². The molecule has 1 heterocycles.